The summed E-state index contributed by atoms with van der Waals surface area (Å²) >= 11 is 0. The minimum absolute atomic E-state index is 0.345. The second kappa shape index (κ2) is 7.70. The summed E-state index contributed by atoms with van der Waals surface area (Å²) in [6.07, 6.45) is 3.26. The molecule has 2 N–H and O–H groups in total. The van der Waals surface area contributed by atoms with E-state index in [1.807, 2.05) is 0 Å². The van der Waals surface area contributed by atoms with E-state index in [2.05, 4.69) is 57.9 Å². The molecule has 0 amide bonds. The molecule has 0 atom stereocenters. The lowest BCUT2D eigenvalue weighted by Crippen LogP contribution is -2.06. The van der Waals surface area contributed by atoms with Gasteiger partial charge in [-0.05, 0) is 36.1 Å². The zero-order valence-corrected chi connectivity index (χ0v) is 14.3. The van der Waals surface area contributed by atoms with Crippen LogP contribution in [-0.4, -0.2) is 15.2 Å². The van der Waals surface area contributed by atoms with Crippen molar-refractivity contribution in [3.05, 3.63) is 65.6 Å². The van der Waals surface area contributed by atoms with Crippen LogP contribution in [0.4, 0.5) is 27.5 Å². The Labute approximate surface area is 146 Å². The molecule has 0 spiro atoms. The van der Waals surface area contributed by atoms with Crippen molar-refractivity contribution >= 4 is 23.1 Å². The van der Waals surface area contributed by atoms with Gasteiger partial charge in [-0.2, -0.15) is 10.1 Å². The molecule has 2 aromatic carbocycles. The molecule has 0 saturated heterocycles. The average molecular weight is 337 g/mol. The van der Waals surface area contributed by atoms with E-state index in [-0.39, 0.29) is 5.82 Å². The van der Waals surface area contributed by atoms with Gasteiger partial charge in [-0.3, -0.25) is 0 Å². The molecular formula is C19H20FN5. The van der Waals surface area contributed by atoms with Crippen molar-refractivity contribution in [2.45, 2.75) is 26.7 Å². The fourth-order valence-electron chi connectivity index (χ4n) is 2.63. The van der Waals surface area contributed by atoms with Crippen molar-refractivity contribution in [2.75, 3.05) is 10.6 Å². The highest BCUT2D eigenvalue weighted by Gasteiger charge is 2.09. The second-order valence-electron chi connectivity index (χ2n) is 5.55. The zero-order valence-electron chi connectivity index (χ0n) is 14.3. The summed E-state index contributed by atoms with van der Waals surface area (Å²) in [5.74, 6) is 0.451. The van der Waals surface area contributed by atoms with Crippen LogP contribution in [0.5, 0.6) is 0 Å². The number of anilines is 4. The number of nitrogens with one attached hydrogen (secondary N) is 2. The fourth-order valence-corrected chi connectivity index (χ4v) is 2.63. The molecule has 3 aromatic rings. The maximum Gasteiger partial charge on any atom is 0.249 e. The molecule has 5 nitrogen and oxygen atoms in total. The second-order valence-corrected chi connectivity index (χ2v) is 5.55. The molecule has 128 valence electrons. The predicted octanol–water partition coefficient (Wildman–Crippen LogP) is 4.62. The molecule has 25 heavy (non-hydrogen) atoms. The van der Waals surface area contributed by atoms with E-state index in [1.54, 1.807) is 18.2 Å². The van der Waals surface area contributed by atoms with Crippen LogP contribution < -0.4 is 10.6 Å². The molecule has 6 heteroatoms. The maximum absolute atomic E-state index is 13.8. The molecule has 0 saturated carbocycles. The maximum atomic E-state index is 13.8. The van der Waals surface area contributed by atoms with Gasteiger partial charge in [0.1, 0.15) is 5.82 Å². The van der Waals surface area contributed by atoms with E-state index in [0.29, 0.717) is 17.5 Å². The number of benzene rings is 2. The minimum atomic E-state index is -0.347. The Kier molecular flexibility index (Phi) is 5.18. The number of nitrogens with zero attached hydrogens (tertiary/aromatic N) is 3. The molecule has 0 fully saturated rings. The molecule has 3 rings (SSSR count). The van der Waals surface area contributed by atoms with Crippen molar-refractivity contribution in [2.24, 2.45) is 0 Å². The highest BCUT2D eigenvalue weighted by atomic mass is 19.1. The van der Waals surface area contributed by atoms with Crippen molar-refractivity contribution in [3.63, 3.8) is 0 Å². The van der Waals surface area contributed by atoms with Crippen LogP contribution in [0, 0.1) is 5.82 Å². The summed E-state index contributed by atoms with van der Waals surface area (Å²) in [7, 11) is 0. The molecule has 1 aromatic heterocycles. The van der Waals surface area contributed by atoms with E-state index in [0.717, 1.165) is 18.5 Å². The summed E-state index contributed by atoms with van der Waals surface area (Å²) < 4.78 is 13.8. The number of aryl methyl sites for hydroxylation is 2. The van der Waals surface area contributed by atoms with Gasteiger partial charge in [0.25, 0.3) is 0 Å². The van der Waals surface area contributed by atoms with Gasteiger partial charge in [0.15, 0.2) is 5.82 Å². The third-order valence-electron chi connectivity index (χ3n) is 3.93. The molecule has 0 bridgehead atoms. The molecule has 0 radical (unpaired) electrons. The highest BCUT2D eigenvalue weighted by Crippen LogP contribution is 2.25. The first-order valence-electron chi connectivity index (χ1n) is 8.30. The summed E-state index contributed by atoms with van der Waals surface area (Å²) in [4.78, 5) is 4.39. The molecule has 0 unspecified atom stereocenters. The Morgan fingerprint density at radius 2 is 1.64 bits per heavy atom. The van der Waals surface area contributed by atoms with Crippen LogP contribution in [0.3, 0.4) is 0 Å². The number of hydrogen-bond acceptors (Lipinski definition) is 5. The Morgan fingerprint density at radius 3 is 2.32 bits per heavy atom. The minimum Gasteiger partial charge on any atom is -0.336 e. The first kappa shape index (κ1) is 16.8. The average Bonchev–Trinajstić information content (AvgIpc) is 2.64. The van der Waals surface area contributed by atoms with Gasteiger partial charge < -0.3 is 10.6 Å². The normalized spacial score (nSPS) is 10.5. The van der Waals surface area contributed by atoms with Gasteiger partial charge in [0.2, 0.25) is 5.95 Å². The Morgan fingerprint density at radius 1 is 0.920 bits per heavy atom. The van der Waals surface area contributed by atoms with Gasteiger partial charge in [-0.15, -0.1) is 5.10 Å². The van der Waals surface area contributed by atoms with E-state index in [9.17, 15) is 4.39 Å². The quantitative estimate of drug-likeness (QED) is 0.687. The fraction of sp³-hybridized carbons (Fsp3) is 0.211. The van der Waals surface area contributed by atoms with Gasteiger partial charge in [-0.1, -0.05) is 44.2 Å². The standard InChI is InChI=1S/C19H20FN5/c1-3-13-8-7-9-14(4-2)18(13)24-19-23-17(12-21-25-19)22-16-11-6-5-10-15(16)20/h5-12H,3-4H2,1-2H3,(H2,22,23,24,25). The molecule has 0 aliphatic rings. The van der Waals surface area contributed by atoms with E-state index in [4.69, 9.17) is 0 Å². The third kappa shape index (κ3) is 3.91. The number of halogens is 1. The summed E-state index contributed by atoms with van der Waals surface area (Å²) in [6.45, 7) is 4.21. The van der Waals surface area contributed by atoms with Crippen LogP contribution in [0.1, 0.15) is 25.0 Å². The first-order chi connectivity index (χ1) is 12.2. The molecule has 0 aliphatic carbocycles. The molecule has 1 heterocycles. The predicted molar refractivity (Wildman–Crippen MR) is 98.0 cm³/mol. The highest BCUT2D eigenvalue weighted by molar-refractivity contribution is 5.64. The molecule has 0 aliphatic heterocycles. The van der Waals surface area contributed by atoms with Crippen molar-refractivity contribution in [3.8, 4) is 0 Å². The SMILES string of the molecule is CCc1cccc(CC)c1Nc1nncc(Nc2ccccc2F)n1. The van der Waals surface area contributed by atoms with Crippen molar-refractivity contribution < 1.29 is 4.39 Å². The lowest BCUT2D eigenvalue weighted by molar-refractivity contribution is 0.632. The first-order valence-corrected chi connectivity index (χ1v) is 8.30. The third-order valence-corrected chi connectivity index (χ3v) is 3.93. The van der Waals surface area contributed by atoms with Gasteiger partial charge >= 0.3 is 0 Å². The van der Waals surface area contributed by atoms with E-state index >= 15 is 0 Å². The van der Waals surface area contributed by atoms with Gasteiger partial charge in [-0.25, -0.2) is 4.39 Å². The smallest absolute Gasteiger partial charge is 0.249 e. The summed E-state index contributed by atoms with van der Waals surface area (Å²) in [5.41, 5.74) is 3.74. The van der Waals surface area contributed by atoms with Crippen LogP contribution in [0.2, 0.25) is 0 Å². The van der Waals surface area contributed by atoms with Crippen LogP contribution in [0.25, 0.3) is 0 Å². The van der Waals surface area contributed by atoms with E-state index < -0.39 is 0 Å². The summed E-state index contributed by atoms with van der Waals surface area (Å²) in [6, 6.07) is 12.6. The Bertz CT molecular complexity index is 844. The zero-order chi connectivity index (χ0) is 17.6. The van der Waals surface area contributed by atoms with E-state index in [1.165, 1.54) is 23.4 Å². The van der Waals surface area contributed by atoms with Crippen molar-refractivity contribution in [1.82, 2.24) is 15.2 Å². The Hall–Kier alpha value is -3.02. The summed E-state index contributed by atoms with van der Waals surface area (Å²) in [5, 5.41) is 14.2. The Balaban J connectivity index is 1.87. The van der Waals surface area contributed by atoms with Crippen LogP contribution in [-0.2, 0) is 12.8 Å². The molecular weight excluding hydrogens is 317 g/mol. The van der Waals surface area contributed by atoms with Crippen LogP contribution in [0.15, 0.2) is 48.7 Å². The number of rotatable bonds is 6. The van der Waals surface area contributed by atoms with Gasteiger partial charge in [0.05, 0.1) is 11.9 Å². The number of para-hydroxylation sites is 2. The number of hydrogen-bond donors (Lipinski definition) is 2. The lowest BCUT2D eigenvalue weighted by Gasteiger charge is -2.14. The largest absolute Gasteiger partial charge is 0.336 e. The monoisotopic (exact) mass is 337 g/mol. The van der Waals surface area contributed by atoms with Crippen molar-refractivity contribution in [1.29, 1.82) is 0 Å². The van der Waals surface area contributed by atoms with Crippen LogP contribution >= 0.6 is 0 Å². The lowest BCUT2D eigenvalue weighted by atomic mass is 10.0. The van der Waals surface area contributed by atoms with Gasteiger partial charge in [0, 0.05) is 5.69 Å². The topological polar surface area (TPSA) is 62.7 Å². The number of aromatic nitrogens is 3.